The van der Waals surface area contributed by atoms with Gasteiger partial charge in [0.25, 0.3) is 5.91 Å². The summed E-state index contributed by atoms with van der Waals surface area (Å²) in [5, 5.41) is 9.94. The van der Waals surface area contributed by atoms with Crippen LogP contribution in [0.15, 0.2) is 24.5 Å². The number of fused-ring (bicyclic) bond motifs is 3. The maximum atomic E-state index is 13.5. The second kappa shape index (κ2) is 10.5. The topological polar surface area (TPSA) is 66.3 Å². The van der Waals surface area contributed by atoms with E-state index in [0.717, 1.165) is 86.5 Å². The number of carbonyl (C=O) groups is 1. The number of hydrogen-bond acceptors (Lipinski definition) is 5. The van der Waals surface area contributed by atoms with Gasteiger partial charge in [0.1, 0.15) is 17.7 Å². The smallest absolute Gasteiger partial charge is 0.253 e. The minimum Gasteiger partial charge on any atom is -0.352 e. The van der Waals surface area contributed by atoms with E-state index in [4.69, 9.17) is 0 Å². The van der Waals surface area contributed by atoms with Crippen molar-refractivity contribution in [3.8, 4) is 11.4 Å². The number of aromatic nitrogens is 3. The number of benzene rings is 1. The number of halogens is 2. The van der Waals surface area contributed by atoms with Crippen LogP contribution < -0.4 is 10.3 Å². The average molecular weight is 497 g/mol. The minimum absolute atomic E-state index is 0.0378. The Balaban J connectivity index is 1.31. The molecular formula is C27H34F2N6O. The standard InChI is InChI=1S/C27H34F2N6O/c1-18(2)16-30-27(36)24-20-5-3-4-6-21(20)26-25(24)31-17-32-35(26)34-13-11-33(12-14-34)10-9-19-7-8-22(28)23(29)15-19/h7-8,15,17-18H,3-6,9-14,16H2,1-2H3,(H,30,36). The molecule has 0 radical (unpaired) electrons. The third-order valence-corrected chi connectivity index (χ3v) is 7.28. The Morgan fingerprint density at radius 2 is 1.81 bits per heavy atom. The lowest BCUT2D eigenvalue weighted by atomic mass is 9.93. The lowest BCUT2D eigenvalue weighted by Crippen LogP contribution is -2.52. The van der Waals surface area contributed by atoms with Gasteiger partial charge in [0.05, 0.1) is 5.56 Å². The molecule has 36 heavy (non-hydrogen) atoms. The first-order valence-electron chi connectivity index (χ1n) is 13.0. The summed E-state index contributed by atoms with van der Waals surface area (Å²) in [6.45, 7) is 8.85. The van der Waals surface area contributed by atoms with Gasteiger partial charge in [-0.3, -0.25) is 14.7 Å². The maximum absolute atomic E-state index is 13.5. The fourth-order valence-corrected chi connectivity index (χ4v) is 5.36. The first-order valence-corrected chi connectivity index (χ1v) is 13.0. The van der Waals surface area contributed by atoms with Gasteiger partial charge in [-0.25, -0.2) is 13.8 Å². The highest BCUT2D eigenvalue weighted by Crippen LogP contribution is 2.39. The molecule has 0 atom stereocenters. The van der Waals surface area contributed by atoms with Crippen LogP contribution in [0.3, 0.4) is 0 Å². The van der Waals surface area contributed by atoms with E-state index in [9.17, 15) is 13.6 Å². The normalized spacial score (nSPS) is 16.5. The Labute approximate surface area is 210 Å². The molecule has 4 aliphatic rings. The van der Waals surface area contributed by atoms with Crippen molar-refractivity contribution in [1.29, 1.82) is 0 Å². The van der Waals surface area contributed by atoms with Crippen LogP contribution in [0, 0.1) is 17.6 Å². The van der Waals surface area contributed by atoms with Crippen LogP contribution in [-0.2, 0) is 19.3 Å². The second-order valence-electron chi connectivity index (χ2n) is 10.3. The van der Waals surface area contributed by atoms with Gasteiger partial charge in [-0.1, -0.05) is 19.9 Å². The van der Waals surface area contributed by atoms with Crippen molar-refractivity contribution in [2.45, 2.75) is 46.0 Å². The molecule has 2 aliphatic carbocycles. The summed E-state index contributed by atoms with van der Waals surface area (Å²) in [4.78, 5) is 22.1. The van der Waals surface area contributed by atoms with Crippen LogP contribution in [0.25, 0.3) is 11.4 Å². The Morgan fingerprint density at radius 3 is 2.53 bits per heavy atom. The van der Waals surface area contributed by atoms with Crippen LogP contribution in [0.1, 0.15) is 53.7 Å². The van der Waals surface area contributed by atoms with Gasteiger partial charge in [-0.05, 0) is 66.8 Å². The van der Waals surface area contributed by atoms with E-state index in [1.807, 2.05) is 4.79 Å². The van der Waals surface area contributed by atoms with Crippen molar-refractivity contribution in [1.82, 2.24) is 25.1 Å². The molecule has 1 aromatic carbocycles. The largest absolute Gasteiger partial charge is 0.352 e. The lowest BCUT2D eigenvalue weighted by molar-refractivity contribution is 0.0948. The molecule has 0 spiro atoms. The lowest BCUT2D eigenvalue weighted by Gasteiger charge is -2.37. The minimum atomic E-state index is -0.809. The maximum Gasteiger partial charge on any atom is 0.253 e. The second-order valence-corrected chi connectivity index (χ2v) is 10.3. The molecule has 2 heterocycles. The SMILES string of the molecule is CC(C)CNC(=O)c1c2ncnn(N3CCN(CCc4ccc(F)c(F)c4)CC3)c-2c2c1CCCC2. The zero-order valence-electron chi connectivity index (χ0n) is 21.1. The fraction of sp³-hybridized carbons (Fsp3) is 0.519. The monoisotopic (exact) mass is 496 g/mol. The predicted molar refractivity (Wildman–Crippen MR) is 135 cm³/mol. The van der Waals surface area contributed by atoms with E-state index < -0.39 is 11.6 Å². The van der Waals surface area contributed by atoms with Crippen LogP contribution in [-0.4, -0.2) is 64.9 Å². The van der Waals surface area contributed by atoms with Crippen molar-refractivity contribution < 1.29 is 13.6 Å². The summed E-state index contributed by atoms with van der Waals surface area (Å²) >= 11 is 0. The molecule has 9 heteroatoms. The molecule has 1 fully saturated rings. The van der Waals surface area contributed by atoms with Crippen LogP contribution in [0.4, 0.5) is 8.78 Å². The highest BCUT2D eigenvalue weighted by atomic mass is 19.2. The zero-order valence-corrected chi connectivity index (χ0v) is 21.1. The fourth-order valence-electron chi connectivity index (χ4n) is 5.36. The molecule has 7 nitrogen and oxygen atoms in total. The van der Waals surface area contributed by atoms with E-state index >= 15 is 0 Å². The number of rotatable bonds is 7. The van der Waals surface area contributed by atoms with Crippen molar-refractivity contribution in [3.63, 3.8) is 0 Å². The molecule has 192 valence electrons. The van der Waals surface area contributed by atoms with Gasteiger partial charge in [-0.15, -0.1) is 5.10 Å². The van der Waals surface area contributed by atoms with Gasteiger partial charge in [0, 0.05) is 39.3 Å². The van der Waals surface area contributed by atoms with Crippen LogP contribution >= 0.6 is 0 Å². The first-order chi connectivity index (χ1) is 17.4. The summed E-state index contributed by atoms with van der Waals surface area (Å²) in [7, 11) is 0. The number of nitrogens with zero attached hydrogens (tertiary/aromatic N) is 5. The number of nitrogens with one attached hydrogen (secondary N) is 1. The zero-order chi connectivity index (χ0) is 25.2. The molecule has 2 aliphatic heterocycles. The van der Waals surface area contributed by atoms with Gasteiger partial charge in [0.2, 0.25) is 0 Å². The molecule has 5 rings (SSSR count). The summed E-state index contributed by atoms with van der Waals surface area (Å²) in [5.41, 5.74) is 5.59. The van der Waals surface area contributed by atoms with Crippen LogP contribution in [0.5, 0.6) is 0 Å². The Hall–Kier alpha value is -3.07. The van der Waals surface area contributed by atoms with Crippen molar-refractivity contribution in [3.05, 3.63) is 58.4 Å². The summed E-state index contributed by atoms with van der Waals surface area (Å²) in [6.07, 6.45) is 6.25. The highest BCUT2D eigenvalue weighted by molar-refractivity contribution is 6.03. The molecule has 1 saturated heterocycles. The van der Waals surface area contributed by atoms with E-state index in [0.29, 0.717) is 18.9 Å². The molecule has 1 amide bonds. The average Bonchev–Trinajstić information content (AvgIpc) is 3.23. The van der Waals surface area contributed by atoms with Crippen molar-refractivity contribution in [2.75, 3.05) is 44.3 Å². The number of amides is 1. The van der Waals surface area contributed by atoms with Crippen molar-refractivity contribution in [2.24, 2.45) is 5.92 Å². The summed E-state index contributed by atoms with van der Waals surface area (Å²) in [6, 6.07) is 4.12. The quantitative estimate of drug-likeness (QED) is 0.543. The molecule has 0 unspecified atom stereocenters. The third-order valence-electron chi connectivity index (χ3n) is 7.28. The van der Waals surface area contributed by atoms with E-state index in [1.54, 1.807) is 12.4 Å². The summed E-state index contributed by atoms with van der Waals surface area (Å²) in [5.74, 6) is -1.26. The number of hydrogen-bond donors (Lipinski definition) is 1. The highest BCUT2D eigenvalue weighted by Gasteiger charge is 2.34. The molecule has 0 aromatic heterocycles. The van der Waals surface area contributed by atoms with Crippen LogP contribution in [0.2, 0.25) is 0 Å². The molecular weight excluding hydrogens is 462 g/mol. The molecule has 0 saturated carbocycles. The van der Waals surface area contributed by atoms with Gasteiger partial charge < -0.3 is 5.32 Å². The molecule has 1 N–H and O–H groups in total. The Morgan fingerprint density at radius 1 is 1.06 bits per heavy atom. The molecule has 0 bridgehead atoms. The van der Waals surface area contributed by atoms with Gasteiger partial charge in [-0.2, -0.15) is 4.79 Å². The Kier molecular flexibility index (Phi) is 7.18. The predicted octanol–water partition coefficient (Wildman–Crippen LogP) is 3.42. The Bertz CT molecular complexity index is 1200. The van der Waals surface area contributed by atoms with Gasteiger partial charge in [0.15, 0.2) is 11.6 Å². The molecule has 1 aromatic rings. The summed E-state index contributed by atoms with van der Waals surface area (Å²) < 4.78 is 26.7. The van der Waals surface area contributed by atoms with E-state index in [1.165, 1.54) is 17.7 Å². The van der Waals surface area contributed by atoms with Crippen molar-refractivity contribution >= 4 is 5.91 Å². The van der Waals surface area contributed by atoms with Gasteiger partial charge >= 0.3 is 0 Å². The first kappa shape index (κ1) is 24.6. The van der Waals surface area contributed by atoms with E-state index in [-0.39, 0.29) is 5.91 Å². The number of carbonyl (C=O) groups excluding carboxylic acids is 1. The van der Waals surface area contributed by atoms with E-state index in [2.05, 4.69) is 39.2 Å². The third kappa shape index (κ3) is 4.93. The number of piperazine rings is 1.